The summed E-state index contributed by atoms with van der Waals surface area (Å²) in [6.07, 6.45) is 0.324. The van der Waals surface area contributed by atoms with Crippen molar-refractivity contribution >= 4 is 28.9 Å². The summed E-state index contributed by atoms with van der Waals surface area (Å²) in [5.74, 6) is -1.18. The fraction of sp³-hybridized carbons (Fsp3) is 0.182. The predicted molar refractivity (Wildman–Crippen MR) is 108 cm³/mol. The van der Waals surface area contributed by atoms with Gasteiger partial charge in [0.05, 0.1) is 5.69 Å². The molecule has 4 nitrogen and oxygen atoms in total. The molecular weight excluding hydrogens is 358 g/mol. The fourth-order valence-corrected chi connectivity index (χ4v) is 4.90. The van der Waals surface area contributed by atoms with E-state index in [1.807, 2.05) is 62.4 Å². The van der Waals surface area contributed by atoms with Crippen LogP contribution in [0, 0.1) is 13.8 Å². The summed E-state index contributed by atoms with van der Waals surface area (Å²) >= 11 is 1.27. The molecule has 27 heavy (non-hydrogen) atoms. The van der Waals surface area contributed by atoms with Gasteiger partial charge in [-0.15, -0.1) is 11.3 Å². The lowest BCUT2D eigenvalue weighted by molar-refractivity contribution is -0.116. The normalized spacial score (nSPS) is 15.9. The summed E-state index contributed by atoms with van der Waals surface area (Å²) < 4.78 is 0. The average Bonchev–Trinajstić information content (AvgIpc) is 3.02. The van der Waals surface area contributed by atoms with E-state index in [0.717, 1.165) is 27.1 Å². The second kappa shape index (κ2) is 6.67. The first-order valence-corrected chi connectivity index (χ1v) is 9.59. The number of rotatable bonds is 3. The zero-order valence-electron chi connectivity index (χ0n) is 15.1. The molecule has 2 N–H and O–H groups in total. The number of carbonyl (C=O) groups is 2. The summed E-state index contributed by atoms with van der Waals surface area (Å²) in [6, 6.07) is 15.7. The molecule has 1 unspecified atom stereocenters. The van der Waals surface area contributed by atoms with Crippen molar-refractivity contribution < 1.29 is 14.7 Å². The molecule has 0 radical (unpaired) electrons. The molecule has 0 aliphatic carbocycles. The van der Waals surface area contributed by atoms with E-state index in [-0.39, 0.29) is 16.7 Å². The van der Waals surface area contributed by atoms with Crippen LogP contribution < -0.4 is 5.32 Å². The minimum atomic E-state index is -0.970. The van der Waals surface area contributed by atoms with E-state index in [1.165, 1.54) is 11.3 Å². The Kier molecular flexibility index (Phi) is 4.32. The molecule has 4 rings (SSSR count). The highest BCUT2D eigenvalue weighted by atomic mass is 32.1. The number of aryl methyl sites for hydroxylation is 2. The minimum absolute atomic E-state index is 0.0844. The third kappa shape index (κ3) is 3.04. The smallest absolute Gasteiger partial charge is 0.346 e. The molecule has 0 spiro atoms. The van der Waals surface area contributed by atoms with Crippen LogP contribution in [-0.4, -0.2) is 17.0 Å². The molecule has 5 heteroatoms. The van der Waals surface area contributed by atoms with Gasteiger partial charge in [-0.3, -0.25) is 4.79 Å². The van der Waals surface area contributed by atoms with Gasteiger partial charge in [0.1, 0.15) is 4.88 Å². The Morgan fingerprint density at radius 3 is 2.48 bits per heavy atom. The van der Waals surface area contributed by atoms with Crippen LogP contribution in [-0.2, 0) is 4.79 Å². The van der Waals surface area contributed by atoms with Gasteiger partial charge in [-0.1, -0.05) is 54.1 Å². The van der Waals surface area contributed by atoms with Crippen LogP contribution in [0.1, 0.15) is 43.6 Å². The van der Waals surface area contributed by atoms with Gasteiger partial charge in [-0.25, -0.2) is 4.79 Å². The highest BCUT2D eigenvalue weighted by Gasteiger charge is 2.34. The maximum atomic E-state index is 12.5. The zero-order valence-corrected chi connectivity index (χ0v) is 15.9. The molecule has 1 aliphatic rings. The van der Waals surface area contributed by atoms with E-state index in [9.17, 15) is 14.7 Å². The van der Waals surface area contributed by atoms with Crippen LogP contribution in [0.5, 0.6) is 0 Å². The lowest BCUT2D eigenvalue weighted by atomic mass is 9.86. The number of hydrogen-bond acceptors (Lipinski definition) is 3. The molecule has 0 fully saturated rings. The molecule has 2 aromatic carbocycles. The number of carboxylic acids is 1. The van der Waals surface area contributed by atoms with E-state index in [1.54, 1.807) is 0 Å². The van der Waals surface area contributed by atoms with E-state index >= 15 is 0 Å². The van der Waals surface area contributed by atoms with Crippen LogP contribution in [0.3, 0.4) is 0 Å². The summed E-state index contributed by atoms with van der Waals surface area (Å²) in [5.41, 5.74) is 5.33. The van der Waals surface area contributed by atoms with Crippen LogP contribution in [0.25, 0.3) is 11.1 Å². The SMILES string of the molecule is Cc1ccc(-c2c(C(=O)O)sc3c2NC(=O)CC3c2ccccc2C)cc1. The lowest BCUT2D eigenvalue weighted by Crippen LogP contribution is -2.22. The van der Waals surface area contributed by atoms with E-state index in [4.69, 9.17) is 0 Å². The molecule has 1 aliphatic heterocycles. The Hall–Kier alpha value is -2.92. The predicted octanol–water partition coefficient (Wildman–Crippen LogP) is 5.20. The first kappa shape index (κ1) is 17.5. The van der Waals surface area contributed by atoms with E-state index in [2.05, 4.69) is 5.32 Å². The maximum Gasteiger partial charge on any atom is 0.346 e. The van der Waals surface area contributed by atoms with E-state index < -0.39 is 5.97 Å². The number of hydrogen-bond donors (Lipinski definition) is 2. The van der Waals surface area contributed by atoms with Crippen molar-refractivity contribution in [2.45, 2.75) is 26.2 Å². The first-order valence-electron chi connectivity index (χ1n) is 8.78. The Morgan fingerprint density at radius 1 is 1.11 bits per heavy atom. The van der Waals surface area contributed by atoms with Gasteiger partial charge >= 0.3 is 5.97 Å². The molecule has 0 saturated carbocycles. The molecule has 0 bridgehead atoms. The number of nitrogens with one attached hydrogen (secondary N) is 1. The maximum absolute atomic E-state index is 12.5. The molecule has 2 heterocycles. The first-order chi connectivity index (χ1) is 13.0. The van der Waals surface area contributed by atoms with Gasteiger partial charge < -0.3 is 10.4 Å². The average molecular weight is 377 g/mol. The van der Waals surface area contributed by atoms with Crippen molar-refractivity contribution in [1.82, 2.24) is 0 Å². The summed E-state index contributed by atoms with van der Waals surface area (Å²) in [7, 11) is 0. The molecule has 136 valence electrons. The number of carboxylic acid groups (broad SMARTS) is 1. The fourth-order valence-electron chi connectivity index (χ4n) is 3.66. The Balaban J connectivity index is 1.95. The quantitative estimate of drug-likeness (QED) is 0.659. The Labute approximate surface area is 161 Å². The molecule has 3 aromatic rings. The highest BCUT2D eigenvalue weighted by molar-refractivity contribution is 7.15. The largest absolute Gasteiger partial charge is 0.477 e. The van der Waals surface area contributed by atoms with Gasteiger partial charge in [0.15, 0.2) is 0 Å². The lowest BCUT2D eigenvalue weighted by Gasteiger charge is -2.25. The van der Waals surface area contributed by atoms with Crippen molar-refractivity contribution in [2.24, 2.45) is 0 Å². The third-order valence-corrected chi connectivity index (χ3v) is 6.30. The minimum Gasteiger partial charge on any atom is -0.477 e. The monoisotopic (exact) mass is 377 g/mol. The second-order valence-corrected chi connectivity index (χ2v) is 7.93. The van der Waals surface area contributed by atoms with Crippen LogP contribution in [0.4, 0.5) is 5.69 Å². The summed E-state index contributed by atoms with van der Waals surface area (Å²) in [5, 5.41) is 12.8. The van der Waals surface area contributed by atoms with Gasteiger partial charge in [0, 0.05) is 22.8 Å². The summed E-state index contributed by atoms with van der Waals surface area (Å²) in [6.45, 7) is 4.01. The Morgan fingerprint density at radius 2 is 1.81 bits per heavy atom. The number of carbonyl (C=O) groups excluding carboxylic acids is 1. The van der Waals surface area contributed by atoms with Crippen LogP contribution in [0.2, 0.25) is 0 Å². The third-order valence-electron chi connectivity index (χ3n) is 5.00. The van der Waals surface area contributed by atoms with Gasteiger partial charge in [-0.2, -0.15) is 0 Å². The zero-order chi connectivity index (χ0) is 19.1. The van der Waals surface area contributed by atoms with Crippen LogP contribution >= 0.6 is 11.3 Å². The second-order valence-electron chi connectivity index (χ2n) is 6.88. The van der Waals surface area contributed by atoms with Crippen molar-refractivity contribution in [3.8, 4) is 11.1 Å². The van der Waals surface area contributed by atoms with Crippen LogP contribution in [0.15, 0.2) is 48.5 Å². The number of amides is 1. The van der Waals surface area contributed by atoms with Crippen molar-refractivity contribution in [3.63, 3.8) is 0 Å². The van der Waals surface area contributed by atoms with Crippen molar-refractivity contribution in [3.05, 3.63) is 75.0 Å². The molecule has 1 amide bonds. The topological polar surface area (TPSA) is 66.4 Å². The number of benzene rings is 2. The summed E-state index contributed by atoms with van der Waals surface area (Å²) in [4.78, 5) is 25.6. The Bertz CT molecular complexity index is 1050. The standard InChI is InChI=1S/C22H19NO3S/c1-12-7-9-14(10-8-12)18-19-20(27-21(18)22(25)26)16(11-17(24)23-19)15-6-4-3-5-13(15)2/h3-10,16H,11H2,1-2H3,(H,23,24)(H,25,26). The van der Waals surface area contributed by atoms with Crippen molar-refractivity contribution in [2.75, 3.05) is 5.32 Å². The number of thiophene rings is 1. The number of anilines is 1. The number of fused-ring (bicyclic) bond motifs is 1. The molecule has 1 aromatic heterocycles. The molecular formula is C22H19NO3S. The highest BCUT2D eigenvalue weighted by Crippen LogP contribution is 2.49. The molecule has 0 saturated heterocycles. The number of aromatic carboxylic acids is 1. The van der Waals surface area contributed by atoms with Gasteiger partial charge in [0.25, 0.3) is 0 Å². The van der Waals surface area contributed by atoms with Crippen molar-refractivity contribution in [1.29, 1.82) is 0 Å². The van der Waals surface area contributed by atoms with Gasteiger partial charge in [-0.05, 0) is 30.5 Å². The molecule has 1 atom stereocenters. The van der Waals surface area contributed by atoms with E-state index in [0.29, 0.717) is 17.7 Å². The van der Waals surface area contributed by atoms with Gasteiger partial charge in [0.2, 0.25) is 5.91 Å².